The molecule has 0 amide bonds. The van der Waals surface area contributed by atoms with Crippen molar-refractivity contribution >= 4 is 14.4 Å². The Bertz CT molecular complexity index is 363. The number of fused-ring (bicyclic) bond motifs is 1. The first-order valence-corrected chi connectivity index (χ1v) is 8.42. The van der Waals surface area contributed by atoms with Crippen LogP contribution >= 0.6 is 0 Å². The molecule has 0 saturated carbocycles. The highest BCUT2D eigenvalue weighted by molar-refractivity contribution is 6.69. The fourth-order valence-corrected chi connectivity index (χ4v) is 2.67. The third-order valence-corrected chi connectivity index (χ3v) is 3.19. The van der Waals surface area contributed by atoms with Crippen LogP contribution in [-0.4, -0.2) is 8.32 Å². The van der Waals surface area contributed by atoms with E-state index in [1.165, 1.54) is 11.1 Å². The van der Waals surface area contributed by atoms with Gasteiger partial charge >= 0.3 is 0 Å². The quantitative estimate of drug-likeness (QED) is 0.669. The average molecular weight is 204 g/mol. The van der Waals surface area contributed by atoms with Crippen LogP contribution in [-0.2, 0) is 4.43 Å². The Morgan fingerprint density at radius 2 is 1.86 bits per heavy atom. The first kappa shape index (κ1) is 9.68. The van der Waals surface area contributed by atoms with E-state index in [2.05, 4.69) is 56.1 Å². The van der Waals surface area contributed by atoms with Gasteiger partial charge in [-0.25, -0.2) is 0 Å². The van der Waals surface area contributed by atoms with Crippen molar-refractivity contribution in [2.24, 2.45) is 0 Å². The van der Waals surface area contributed by atoms with Crippen LogP contribution in [0.4, 0.5) is 0 Å². The predicted octanol–water partition coefficient (Wildman–Crippen LogP) is 3.61. The van der Waals surface area contributed by atoms with Gasteiger partial charge in [0.2, 0.25) is 0 Å². The number of hydrogen-bond acceptors (Lipinski definition) is 1. The van der Waals surface area contributed by atoms with Crippen molar-refractivity contribution < 1.29 is 4.43 Å². The van der Waals surface area contributed by atoms with Crippen molar-refractivity contribution in [2.75, 3.05) is 0 Å². The highest BCUT2D eigenvalue weighted by atomic mass is 28.4. The lowest BCUT2D eigenvalue weighted by Crippen LogP contribution is -2.26. The molecule has 1 nitrogen and oxygen atoms in total. The smallest absolute Gasteiger partial charge is 0.185 e. The van der Waals surface area contributed by atoms with E-state index >= 15 is 0 Å². The van der Waals surface area contributed by atoms with Crippen LogP contribution in [0.3, 0.4) is 0 Å². The summed E-state index contributed by atoms with van der Waals surface area (Å²) in [6.45, 7) is 6.67. The Morgan fingerprint density at radius 1 is 1.14 bits per heavy atom. The molecule has 0 aliphatic heterocycles. The van der Waals surface area contributed by atoms with Crippen LogP contribution < -0.4 is 0 Å². The second-order valence-electron chi connectivity index (χ2n) is 4.64. The maximum Gasteiger partial charge on any atom is 0.185 e. The topological polar surface area (TPSA) is 9.23 Å². The van der Waals surface area contributed by atoms with Gasteiger partial charge in [-0.05, 0) is 30.8 Å². The van der Waals surface area contributed by atoms with Crippen LogP contribution in [0.5, 0.6) is 0 Å². The summed E-state index contributed by atoms with van der Waals surface area (Å²) in [6, 6.07) is 8.44. The first-order valence-electron chi connectivity index (χ1n) is 5.01. The molecule has 0 N–H and O–H groups in total. The minimum atomic E-state index is -1.44. The Hall–Kier alpha value is -0.863. The summed E-state index contributed by atoms with van der Waals surface area (Å²) >= 11 is 0. The van der Waals surface area contributed by atoms with Crippen molar-refractivity contribution in [1.29, 1.82) is 0 Å². The van der Waals surface area contributed by atoms with Gasteiger partial charge in [0.25, 0.3) is 0 Å². The summed E-state index contributed by atoms with van der Waals surface area (Å²) in [6.07, 6.45) is 4.50. The molecule has 1 aliphatic carbocycles. The molecule has 1 aromatic carbocycles. The summed E-state index contributed by atoms with van der Waals surface area (Å²) in [5.74, 6) is 0. The summed E-state index contributed by atoms with van der Waals surface area (Å²) in [7, 11) is -1.44. The van der Waals surface area contributed by atoms with Gasteiger partial charge in [-0.1, -0.05) is 36.4 Å². The maximum absolute atomic E-state index is 6.08. The molecule has 1 unspecified atom stereocenters. The molecule has 0 aromatic heterocycles. The van der Waals surface area contributed by atoms with Crippen LogP contribution in [0.1, 0.15) is 17.2 Å². The van der Waals surface area contributed by atoms with E-state index in [4.69, 9.17) is 4.43 Å². The van der Waals surface area contributed by atoms with Gasteiger partial charge < -0.3 is 4.43 Å². The van der Waals surface area contributed by atoms with Crippen molar-refractivity contribution in [3.8, 4) is 0 Å². The van der Waals surface area contributed by atoms with Gasteiger partial charge in [0.05, 0.1) is 6.10 Å². The molecular formula is C12H16OSi. The third-order valence-electron chi connectivity index (χ3n) is 2.23. The van der Waals surface area contributed by atoms with Crippen molar-refractivity contribution in [3.63, 3.8) is 0 Å². The monoisotopic (exact) mass is 204 g/mol. The standard InChI is InChI=1S/C12H16OSi/c1-14(2,3)13-12-9-8-10-6-4-5-7-11(10)12/h4-9,12H,1-3H3. The second kappa shape index (κ2) is 3.37. The molecule has 0 spiro atoms. The van der Waals surface area contributed by atoms with Crippen LogP contribution in [0.25, 0.3) is 6.08 Å². The van der Waals surface area contributed by atoms with E-state index < -0.39 is 8.32 Å². The Labute approximate surface area is 86.5 Å². The molecule has 0 bridgehead atoms. The predicted molar refractivity (Wildman–Crippen MR) is 62.6 cm³/mol. The van der Waals surface area contributed by atoms with E-state index in [1.54, 1.807) is 0 Å². The van der Waals surface area contributed by atoms with Gasteiger partial charge in [-0.2, -0.15) is 0 Å². The Morgan fingerprint density at radius 3 is 2.57 bits per heavy atom. The molecule has 2 heteroatoms. The molecule has 2 rings (SSSR count). The van der Waals surface area contributed by atoms with E-state index in [0.717, 1.165) is 0 Å². The summed E-state index contributed by atoms with van der Waals surface area (Å²) in [4.78, 5) is 0. The fourth-order valence-electron chi connectivity index (χ4n) is 1.70. The van der Waals surface area contributed by atoms with E-state index in [9.17, 15) is 0 Å². The zero-order valence-electron chi connectivity index (χ0n) is 8.95. The highest BCUT2D eigenvalue weighted by Gasteiger charge is 2.24. The fraction of sp³-hybridized carbons (Fsp3) is 0.333. The minimum absolute atomic E-state index is 0.192. The van der Waals surface area contributed by atoms with Crippen LogP contribution in [0, 0.1) is 0 Å². The summed E-state index contributed by atoms with van der Waals surface area (Å²) in [5, 5.41) is 0. The van der Waals surface area contributed by atoms with E-state index in [-0.39, 0.29) is 6.10 Å². The van der Waals surface area contributed by atoms with Gasteiger partial charge in [-0.3, -0.25) is 0 Å². The lowest BCUT2D eigenvalue weighted by atomic mass is 10.1. The molecule has 0 fully saturated rings. The van der Waals surface area contributed by atoms with E-state index in [0.29, 0.717) is 0 Å². The first-order chi connectivity index (χ1) is 6.56. The average Bonchev–Trinajstić information content (AvgIpc) is 2.47. The molecule has 0 heterocycles. The SMILES string of the molecule is C[Si](C)(C)OC1C=Cc2ccccc21. The molecule has 1 atom stereocenters. The zero-order chi connectivity index (χ0) is 10.2. The minimum Gasteiger partial charge on any atom is -0.407 e. The Kier molecular flexibility index (Phi) is 2.33. The van der Waals surface area contributed by atoms with Crippen molar-refractivity contribution in [1.82, 2.24) is 0 Å². The lowest BCUT2D eigenvalue weighted by Gasteiger charge is -2.23. The molecule has 0 radical (unpaired) electrons. The number of rotatable bonds is 2. The number of hydrogen-bond donors (Lipinski definition) is 0. The summed E-state index contributed by atoms with van der Waals surface area (Å²) < 4.78 is 6.08. The molecule has 1 aliphatic rings. The lowest BCUT2D eigenvalue weighted by molar-refractivity contribution is 0.251. The zero-order valence-corrected chi connectivity index (χ0v) is 9.95. The summed E-state index contributed by atoms with van der Waals surface area (Å²) in [5.41, 5.74) is 2.62. The highest BCUT2D eigenvalue weighted by Crippen LogP contribution is 2.32. The third kappa shape index (κ3) is 1.96. The van der Waals surface area contributed by atoms with Crippen molar-refractivity contribution in [3.05, 3.63) is 41.5 Å². The Balaban J connectivity index is 2.23. The van der Waals surface area contributed by atoms with Crippen LogP contribution in [0.15, 0.2) is 30.3 Å². The normalized spacial score (nSPS) is 19.8. The molecule has 0 saturated heterocycles. The van der Waals surface area contributed by atoms with Gasteiger partial charge in [0.15, 0.2) is 8.32 Å². The molecule has 74 valence electrons. The van der Waals surface area contributed by atoms with Gasteiger partial charge in [0, 0.05) is 0 Å². The van der Waals surface area contributed by atoms with Crippen molar-refractivity contribution in [2.45, 2.75) is 25.7 Å². The van der Waals surface area contributed by atoms with Gasteiger partial charge in [-0.15, -0.1) is 0 Å². The van der Waals surface area contributed by atoms with E-state index in [1.807, 2.05) is 0 Å². The number of benzene rings is 1. The second-order valence-corrected chi connectivity index (χ2v) is 9.10. The van der Waals surface area contributed by atoms with Crippen LogP contribution in [0.2, 0.25) is 19.6 Å². The molecule has 14 heavy (non-hydrogen) atoms. The maximum atomic E-state index is 6.08. The largest absolute Gasteiger partial charge is 0.407 e. The molecular weight excluding hydrogens is 188 g/mol. The molecule has 1 aromatic rings. The van der Waals surface area contributed by atoms with Gasteiger partial charge in [0.1, 0.15) is 0 Å².